The number of aromatic hydroxyl groups is 3. The van der Waals surface area contributed by atoms with Crippen molar-refractivity contribution in [3.8, 4) is 17.2 Å². The number of benzene rings is 2. The van der Waals surface area contributed by atoms with E-state index in [9.17, 15) is 55.8 Å². The highest BCUT2D eigenvalue weighted by Gasteiger charge is 2.48. The van der Waals surface area contributed by atoms with Crippen molar-refractivity contribution in [1.82, 2.24) is 10.4 Å². The van der Waals surface area contributed by atoms with Gasteiger partial charge in [-0.3, -0.25) is 45.9 Å². The van der Waals surface area contributed by atoms with E-state index in [4.69, 9.17) is 0 Å². The predicted molar refractivity (Wildman–Crippen MR) is 119 cm³/mol. The molecule has 2 aromatic carbocycles. The summed E-state index contributed by atoms with van der Waals surface area (Å²) in [7, 11) is 0. The molecule has 0 aliphatic carbocycles. The second-order valence-corrected chi connectivity index (χ2v) is 7.69. The zero-order valence-electron chi connectivity index (χ0n) is 18.3. The van der Waals surface area contributed by atoms with Crippen LogP contribution in [-0.4, -0.2) is 45.9 Å². The van der Waals surface area contributed by atoms with Crippen molar-refractivity contribution in [2.24, 2.45) is 4.99 Å². The summed E-state index contributed by atoms with van der Waals surface area (Å²) in [5, 5.41) is 77.9. The van der Waals surface area contributed by atoms with E-state index in [0.717, 1.165) is 23.2 Å². The molecule has 2 aliphatic rings. The number of nitro groups is 4. The average Bonchev–Trinajstić information content (AvgIpc) is 3.27. The minimum absolute atomic E-state index is 0.171. The van der Waals surface area contributed by atoms with Crippen molar-refractivity contribution in [2.75, 3.05) is 0 Å². The summed E-state index contributed by atoms with van der Waals surface area (Å²) in [5.74, 6) is -3.06. The first kappa shape index (κ1) is 24.3. The van der Waals surface area contributed by atoms with E-state index in [1.165, 1.54) is 6.92 Å². The molecule has 4 N–H and O–H groups in total. The number of nitro benzene ring substituents is 2. The molecule has 18 nitrogen and oxygen atoms in total. The third-order valence-electron chi connectivity index (χ3n) is 5.55. The molecule has 190 valence electrons. The fourth-order valence-corrected chi connectivity index (χ4v) is 3.80. The van der Waals surface area contributed by atoms with Gasteiger partial charge in [-0.15, -0.1) is 0 Å². The number of fused-ring (bicyclic) bond motifs is 1. The SMILES string of the molecule is Cc1c(O)cc(O)c(C2C([N+](=O)[O-])=CC([N+](=O)[O-])=C3N=C(c4cc([N+](=O)[O-])cc([N+](=O)[O-])c4)NN32)c1O. The minimum Gasteiger partial charge on any atom is -0.507 e. The molecule has 0 fully saturated rings. The van der Waals surface area contributed by atoms with Crippen LogP contribution >= 0.6 is 0 Å². The van der Waals surface area contributed by atoms with Gasteiger partial charge in [-0.1, -0.05) is 0 Å². The van der Waals surface area contributed by atoms with Gasteiger partial charge in [0.1, 0.15) is 17.2 Å². The summed E-state index contributed by atoms with van der Waals surface area (Å²) in [4.78, 5) is 46.4. The minimum atomic E-state index is -1.78. The van der Waals surface area contributed by atoms with Gasteiger partial charge in [0.2, 0.25) is 5.82 Å². The van der Waals surface area contributed by atoms with Crippen LogP contribution in [0.3, 0.4) is 0 Å². The van der Waals surface area contributed by atoms with Gasteiger partial charge >= 0.3 is 5.70 Å². The Hall–Kier alpha value is -5.81. The van der Waals surface area contributed by atoms with E-state index in [0.29, 0.717) is 12.1 Å². The molecule has 18 heteroatoms. The lowest BCUT2D eigenvalue weighted by Gasteiger charge is -2.30. The third-order valence-corrected chi connectivity index (χ3v) is 5.55. The Morgan fingerprint density at radius 3 is 1.97 bits per heavy atom. The van der Waals surface area contributed by atoms with Crippen LogP contribution in [0.2, 0.25) is 0 Å². The topological polar surface area (TPSA) is 261 Å². The van der Waals surface area contributed by atoms with Gasteiger partial charge < -0.3 is 15.3 Å². The number of allylic oxidation sites excluding steroid dienone is 1. The van der Waals surface area contributed by atoms with Crippen LogP contribution in [-0.2, 0) is 0 Å². The molecule has 0 radical (unpaired) electrons. The zero-order valence-corrected chi connectivity index (χ0v) is 18.3. The summed E-state index contributed by atoms with van der Waals surface area (Å²) < 4.78 is 0. The highest BCUT2D eigenvalue weighted by molar-refractivity contribution is 6.01. The van der Waals surface area contributed by atoms with Crippen molar-refractivity contribution in [2.45, 2.75) is 13.0 Å². The number of nitrogens with one attached hydrogen (secondary N) is 1. The number of nitrogens with zero attached hydrogens (tertiary/aromatic N) is 6. The number of phenols is 3. The Bertz CT molecular complexity index is 1500. The fraction of sp³-hybridized carbons (Fsp3) is 0.105. The van der Waals surface area contributed by atoms with E-state index >= 15 is 0 Å². The van der Waals surface area contributed by atoms with Crippen molar-refractivity contribution < 1.29 is 35.0 Å². The first-order valence-corrected chi connectivity index (χ1v) is 9.89. The Morgan fingerprint density at radius 1 is 0.865 bits per heavy atom. The maximum Gasteiger partial charge on any atom is 0.319 e. The Morgan fingerprint density at radius 2 is 1.46 bits per heavy atom. The molecule has 2 heterocycles. The predicted octanol–water partition coefficient (Wildman–Crippen LogP) is 1.86. The smallest absolute Gasteiger partial charge is 0.319 e. The molecule has 0 saturated carbocycles. The molecule has 1 unspecified atom stereocenters. The van der Waals surface area contributed by atoms with Gasteiger partial charge in [-0.05, 0) is 6.92 Å². The van der Waals surface area contributed by atoms with Crippen molar-refractivity contribution in [1.29, 1.82) is 0 Å². The largest absolute Gasteiger partial charge is 0.507 e. The van der Waals surface area contributed by atoms with Crippen LogP contribution in [0.15, 0.2) is 52.5 Å². The fourth-order valence-electron chi connectivity index (χ4n) is 3.80. The van der Waals surface area contributed by atoms with E-state index in [2.05, 4.69) is 10.4 Å². The quantitative estimate of drug-likeness (QED) is 0.316. The molecule has 1 atom stereocenters. The van der Waals surface area contributed by atoms with Crippen LogP contribution in [0.1, 0.15) is 22.7 Å². The zero-order chi connectivity index (χ0) is 27.3. The number of hydrogen-bond acceptors (Lipinski definition) is 14. The van der Waals surface area contributed by atoms with Gasteiger partial charge in [-0.25, -0.2) is 10.0 Å². The molecule has 0 bridgehead atoms. The number of aliphatic imine (C=N–C) groups is 1. The van der Waals surface area contributed by atoms with Crippen molar-refractivity contribution >= 4 is 17.2 Å². The second kappa shape index (κ2) is 8.45. The lowest BCUT2D eigenvalue weighted by atomic mass is 9.95. The molecule has 4 rings (SSSR count). The molecule has 0 amide bonds. The highest BCUT2D eigenvalue weighted by Crippen LogP contribution is 2.48. The Labute approximate surface area is 203 Å². The number of rotatable bonds is 6. The summed E-state index contributed by atoms with van der Waals surface area (Å²) >= 11 is 0. The highest BCUT2D eigenvalue weighted by atomic mass is 16.6. The maximum absolute atomic E-state index is 11.9. The number of non-ortho nitro benzene ring substituents is 2. The summed E-state index contributed by atoms with van der Waals surface area (Å²) in [6.45, 7) is 1.24. The molecular weight excluding hydrogens is 502 g/mol. The van der Waals surface area contributed by atoms with Crippen LogP contribution < -0.4 is 5.43 Å². The average molecular weight is 515 g/mol. The monoisotopic (exact) mass is 515 g/mol. The van der Waals surface area contributed by atoms with Gasteiger partial charge in [0.25, 0.3) is 17.1 Å². The number of phenolic OH excluding ortho intramolecular Hbond substituents is 3. The molecule has 0 saturated heterocycles. The van der Waals surface area contributed by atoms with E-state index in [1.807, 2.05) is 0 Å². The van der Waals surface area contributed by atoms with E-state index < -0.39 is 83.0 Å². The maximum atomic E-state index is 11.9. The van der Waals surface area contributed by atoms with E-state index in [1.54, 1.807) is 0 Å². The lowest BCUT2D eigenvalue weighted by molar-refractivity contribution is -0.445. The molecule has 2 aromatic rings. The molecule has 37 heavy (non-hydrogen) atoms. The van der Waals surface area contributed by atoms with E-state index in [-0.39, 0.29) is 11.1 Å². The third kappa shape index (κ3) is 3.92. The van der Waals surface area contributed by atoms with Gasteiger partial charge in [0, 0.05) is 29.3 Å². The molecule has 0 aromatic heterocycles. The summed E-state index contributed by atoms with van der Waals surface area (Å²) in [6.07, 6.45) is 0.557. The second-order valence-electron chi connectivity index (χ2n) is 7.69. The van der Waals surface area contributed by atoms with Crippen molar-refractivity contribution in [3.05, 3.63) is 105 Å². The Kier molecular flexibility index (Phi) is 5.55. The molecular formula is C19H13N7O11. The number of hydrazine groups is 1. The normalized spacial score (nSPS) is 16.5. The van der Waals surface area contributed by atoms with Crippen LogP contribution in [0.25, 0.3) is 0 Å². The summed E-state index contributed by atoms with van der Waals surface area (Å²) in [6, 6.07) is 1.48. The first-order chi connectivity index (χ1) is 17.3. The number of hydrogen-bond donors (Lipinski definition) is 4. The van der Waals surface area contributed by atoms with Gasteiger partial charge in [-0.2, -0.15) is 0 Å². The van der Waals surface area contributed by atoms with Gasteiger partial charge in [0.15, 0.2) is 11.9 Å². The lowest BCUT2D eigenvalue weighted by Crippen LogP contribution is -2.42. The van der Waals surface area contributed by atoms with Gasteiger partial charge in [0.05, 0.1) is 37.4 Å². The summed E-state index contributed by atoms with van der Waals surface area (Å²) in [5.41, 5.74) is -1.64. The Balaban J connectivity index is 1.96. The molecule has 2 aliphatic heterocycles. The molecule has 0 spiro atoms. The van der Waals surface area contributed by atoms with Crippen LogP contribution in [0, 0.1) is 47.4 Å². The number of amidine groups is 1. The first-order valence-electron chi connectivity index (χ1n) is 9.89. The van der Waals surface area contributed by atoms with Crippen LogP contribution in [0.4, 0.5) is 11.4 Å². The van der Waals surface area contributed by atoms with Crippen LogP contribution in [0.5, 0.6) is 17.2 Å². The van der Waals surface area contributed by atoms with Crippen molar-refractivity contribution in [3.63, 3.8) is 0 Å². The standard InChI is InChI=1S/C19H13N7O11/c1-7-13(27)6-14(28)15(17(7)29)16-11(25(34)35)5-12(26(36)37)19-20-18(21-22(16)19)8-2-9(23(30)31)4-10(3-8)24(32)33/h2-6,16,27-29H,1H3,(H,20,21).